The Morgan fingerprint density at radius 1 is 1.42 bits per heavy atom. The zero-order chi connectivity index (χ0) is 13.2. The Morgan fingerprint density at radius 2 is 2.11 bits per heavy atom. The quantitative estimate of drug-likeness (QED) is 0.620. The molecule has 0 aliphatic carbocycles. The Kier molecular flexibility index (Phi) is 6.05. The number of hydrogen-bond donors (Lipinski definition) is 0. The van der Waals surface area contributed by atoms with Gasteiger partial charge >= 0.3 is 29.6 Å². The van der Waals surface area contributed by atoms with Crippen LogP contribution in [0.4, 0.5) is 0 Å². The molecule has 0 amide bonds. The second-order valence-electron chi connectivity index (χ2n) is 4.31. The van der Waals surface area contributed by atoms with E-state index in [1.807, 2.05) is 32.0 Å². The molecule has 0 saturated carbocycles. The normalized spacial score (nSPS) is 15.5. The summed E-state index contributed by atoms with van der Waals surface area (Å²) in [5, 5.41) is 10.6. The number of carbonyl (C=O) groups excluding carboxylic acids is 1. The van der Waals surface area contributed by atoms with Crippen LogP contribution in [0.5, 0.6) is 11.5 Å². The molecule has 2 rings (SSSR count). The summed E-state index contributed by atoms with van der Waals surface area (Å²) in [6.45, 7) is 4.30. The van der Waals surface area contributed by atoms with E-state index >= 15 is 0 Å². The van der Waals surface area contributed by atoms with Crippen molar-refractivity contribution in [3.05, 3.63) is 23.8 Å². The average Bonchev–Trinajstić information content (AvgIpc) is 2.83. The maximum Gasteiger partial charge on any atom is 1.00 e. The zero-order valence-electron chi connectivity index (χ0n) is 11.4. The van der Waals surface area contributed by atoms with E-state index < -0.39 is 5.97 Å². The standard InChI is InChI=1S/C13H16O4S.Na/c1-3-13(2,18-7-12(14)15)9-4-5-10-11(6-9)17-8-16-10;/h4-6H,3,7-8H2,1-2H3,(H,14,15);/q;+1/p-1. The predicted molar refractivity (Wildman–Crippen MR) is 67.7 cm³/mol. The molecule has 0 aromatic heterocycles. The molecule has 1 aromatic carbocycles. The van der Waals surface area contributed by atoms with Crippen molar-refractivity contribution in [2.45, 2.75) is 25.0 Å². The van der Waals surface area contributed by atoms with Crippen molar-refractivity contribution >= 4 is 17.7 Å². The average molecular weight is 290 g/mol. The predicted octanol–water partition coefficient (Wildman–Crippen LogP) is -1.47. The fraction of sp³-hybridized carbons (Fsp3) is 0.462. The van der Waals surface area contributed by atoms with Crippen LogP contribution in [-0.4, -0.2) is 18.5 Å². The van der Waals surface area contributed by atoms with Gasteiger partial charge in [0.05, 0.1) is 5.97 Å². The summed E-state index contributed by atoms with van der Waals surface area (Å²) < 4.78 is 10.3. The third-order valence-electron chi connectivity index (χ3n) is 3.17. The van der Waals surface area contributed by atoms with Gasteiger partial charge in [0.25, 0.3) is 0 Å². The molecular weight excluding hydrogens is 275 g/mol. The molecule has 1 heterocycles. The molecule has 1 atom stereocenters. The fourth-order valence-corrected chi connectivity index (χ4v) is 2.77. The number of ether oxygens (including phenoxy) is 2. The summed E-state index contributed by atoms with van der Waals surface area (Å²) in [4.78, 5) is 10.6. The van der Waals surface area contributed by atoms with E-state index in [9.17, 15) is 9.90 Å². The van der Waals surface area contributed by atoms with Gasteiger partial charge in [-0.2, -0.15) is 0 Å². The van der Waals surface area contributed by atoms with Gasteiger partial charge in [0, 0.05) is 10.5 Å². The van der Waals surface area contributed by atoms with Crippen LogP contribution < -0.4 is 44.1 Å². The van der Waals surface area contributed by atoms with Gasteiger partial charge in [0.1, 0.15) is 0 Å². The Bertz CT molecular complexity index is 466. The van der Waals surface area contributed by atoms with Crippen molar-refractivity contribution in [1.82, 2.24) is 0 Å². The monoisotopic (exact) mass is 290 g/mol. The number of thioether (sulfide) groups is 1. The molecule has 1 aliphatic heterocycles. The van der Waals surface area contributed by atoms with Crippen LogP contribution in [0.3, 0.4) is 0 Å². The van der Waals surface area contributed by atoms with E-state index in [4.69, 9.17) is 9.47 Å². The molecule has 0 fully saturated rings. The largest absolute Gasteiger partial charge is 1.00 e. The molecule has 0 N–H and O–H groups in total. The van der Waals surface area contributed by atoms with E-state index in [0.717, 1.165) is 23.5 Å². The smallest absolute Gasteiger partial charge is 0.549 e. The van der Waals surface area contributed by atoms with Crippen molar-refractivity contribution < 1.29 is 48.9 Å². The van der Waals surface area contributed by atoms with Crippen LogP contribution in [0.15, 0.2) is 18.2 Å². The van der Waals surface area contributed by atoms with Crippen molar-refractivity contribution in [2.24, 2.45) is 0 Å². The first kappa shape index (κ1) is 16.7. The number of fused-ring (bicyclic) bond motifs is 1. The van der Waals surface area contributed by atoms with E-state index in [1.54, 1.807) is 0 Å². The molecule has 1 aromatic rings. The Morgan fingerprint density at radius 3 is 2.74 bits per heavy atom. The number of carbonyl (C=O) groups is 1. The molecule has 0 radical (unpaired) electrons. The SMILES string of the molecule is CCC(C)(SCC(=O)[O-])c1ccc2c(c1)OCO2.[Na+]. The molecule has 0 spiro atoms. The molecular formula is C13H15NaO4S. The van der Waals surface area contributed by atoms with Gasteiger partial charge in [-0.15, -0.1) is 11.8 Å². The van der Waals surface area contributed by atoms with E-state index in [2.05, 4.69) is 0 Å². The summed E-state index contributed by atoms with van der Waals surface area (Å²) in [5.41, 5.74) is 1.04. The number of carboxylic acid groups (broad SMARTS) is 1. The van der Waals surface area contributed by atoms with E-state index in [1.165, 1.54) is 11.8 Å². The van der Waals surface area contributed by atoms with Gasteiger partial charge in [0.15, 0.2) is 11.5 Å². The first-order valence-corrected chi connectivity index (χ1v) is 6.77. The van der Waals surface area contributed by atoms with Gasteiger partial charge < -0.3 is 19.4 Å². The molecule has 0 saturated heterocycles. The molecule has 4 nitrogen and oxygen atoms in total. The number of hydrogen-bond acceptors (Lipinski definition) is 5. The number of rotatable bonds is 5. The topological polar surface area (TPSA) is 58.6 Å². The summed E-state index contributed by atoms with van der Waals surface area (Å²) in [7, 11) is 0. The van der Waals surface area contributed by atoms with Gasteiger partial charge in [-0.05, 0) is 31.0 Å². The Hall–Kier alpha value is -0.360. The van der Waals surface area contributed by atoms with Crippen molar-refractivity contribution in [3.63, 3.8) is 0 Å². The number of carboxylic acids is 1. The van der Waals surface area contributed by atoms with Crippen molar-refractivity contribution in [1.29, 1.82) is 0 Å². The maximum atomic E-state index is 10.6. The third-order valence-corrected chi connectivity index (χ3v) is 4.71. The molecule has 1 aliphatic rings. The van der Waals surface area contributed by atoms with Crippen LogP contribution in [0.1, 0.15) is 25.8 Å². The number of benzene rings is 1. The minimum atomic E-state index is -1.04. The zero-order valence-corrected chi connectivity index (χ0v) is 14.2. The number of aliphatic carboxylic acids is 1. The minimum absolute atomic E-state index is 0. The Balaban J connectivity index is 0.00000180. The summed E-state index contributed by atoms with van der Waals surface area (Å²) in [6.07, 6.45) is 0.824. The Labute approximate surface area is 139 Å². The van der Waals surface area contributed by atoms with Crippen LogP contribution in [0, 0.1) is 0 Å². The molecule has 19 heavy (non-hydrogen) atoms. The molecule has 98 valence electrons. The van der Waals surface area contributed by atoms with E-state index in [0.29, 0.717) is 0 Å². The van der Waals surface area contributed by atoms with Gasteiger partial charge in [0.2, 0.25) is 6.79 Å². The summed E-state index contributed by atoms with van der Waals surface area (Å²) in [5.74, 6) is 0.405. The van der Waals surface area contributed by atoms with Crippen LogP contribution >= 0.6 is 11.8 Å². The maximum absolute atomic E-state index is 10.6. The second kappa shape index (κ2) is 6.88. The van der Waals surface area contributed by atoms with E-state index in [-0.39, 0.29) is 46.9 Å². The summed E-state index contributed by atoms with van der Waals surface area (Å²) >= 11 is 1.37. The molecule has 6 heteroatoms. The van der Waals surface area contributed by atoms with Crippen molar-refractivity contribution in [2.75, 3.05) is 12.5 Å². The van der Waals surface area contributed by atoms with Gasteiger partial charge in [-0.1, -0.05) is 13.0 Å². The summed E-state index contributed by atoms with van der Waals surface area (Å²) in [6, 6.07) is 5.75. The first-order chi connectivity index (χ1) is 8.55. The van der Waals surface area contributed by atoms with Crippen LogP contribution in [0.2, 0.25) is 0 Å². The van der Waals surface area contributed by atoms with Crippen molar-refractivity contribution in [3.8, 4) is 11.5 Å². The van der Waals surface area contributed by atoms with Gasteiger partial charge in [-0.3, -0.25) is 0 Å². The fourth-order valence-electron chi connectivity index (χ4n) is 1.83. The molecule has 0 bridgehead atoms. The second-order valence-corrected chi connectivity index (χ2v) is 5.79. The third kappa shape index (κ3) is 3.81. The van der Waals surface area contributed by atoms with Crippen LogP contribution in [0.25, 0.3) is 0 Å². The van der Waals surface area contributed by atoms with Crippen LogP contribution in [-0.2, 0) is 9.54 Å². The minimum Gasteiger partial charge on any atom is -0.549 e. The first-order valence-electron chi connectivity index (χ1n) is 5.79. The molecule has 1 unspecified atom stereocenters. The van der Waals surface area contributed by atoms with Gasteiger partial charge in [-0.25, -0.2) is 0 Å².